The summed E-state index contributed by atoms with van der Waals surface area (Å²) in [5, 5.41) is 0. The van der Waals surface area contributed by atoms with Gasteiger partial charge in [0, 0.05) is 42.5 Å². The molecule has 1 fully saturated rings. The molecule has 1 saturated heterocycles. The number of aromatic nitrogens is 2. The van der Waals surface area contributed by atoms with E-state index < -0.39 is 5.60 Å². The lowest BCUT2D eigenvalue weighted by Crippen LogP contribution is -2.40. The van der Waals surface area contributed by atoms with Crippen molar-refractivity contribution in [2.24, 2.45) is 0 Å². The van der Waals surface area contributed by atoms with E-state index in [-0.39, 0.29) is 16.8 Å². The third kappa shape index (κ3) is 3.68. The fourth-order valence-electron chi connectivity index (χ4n) is 2.78. The van der Waals surface area contributed by atoms with Crippen molar-refractivity contribution in [2.75, 3.05) is 18.0 Å². The highest BCUT2D eigenvalue weighted by Crippen LogP contribution is 2.25. The fourth-order valence-corrected chi connectivity index (χ4v) is 3.34. The minimum atomic E-state index is -0.514. The summed E-state index contributed by atoms with van der Waals surface area (Å²) in [5.74, 6) is 0.481. The van der Waals surface area contributed by atoms with Crippen LogP contribution in [0.3, 0.4) is 0 Å². The fraction of sp³-hybridized carbons (Fsp3) is 0.625. The summed E-state index contributed by atoms with van der Waals surface area (Å²) in [6, 6.07) is 0. The largest absolute Gasteiger partial charge is 0.444 e. The van der Waals surface area contributed by atoms with E-state index in [1.54, 1.807) is 16.0 Å². The van der Waals surface area contributed by atoms with E-state index in [1.165, 1.54) is 0 Å². The van der Waals surface area contributed by atoms with Gasteiger partial charge >= 0.3 is 6.09 Å². The van der Waals surface area contributed by atoms with Gasteiger partial charge in [-0.15, -0.1) is 0 Å². The van der Waals surface area contributed by atoms with Crippen molar-refractivity contribution in [2.45, 2.75) is 50.6 Å². The van der Waals surface area contributed by atoms with E-state index in [4.69, 9.17) is 4.74 Å². The highest BCUT2D eigenvalue weighted by Gasteiger charge is 2.32. The lowest BCUT2D eigenvalue weighted by molar-refractivity contribution is -0.117. The molecule has 2 amide bonds. The SMILES string of the molecule is CC(C)(C)OC(=O)N1CCc2nc(N3CC(Br)CC3=O)ncc2C1. The third-order valence-corrected chi connectivity index (χ3v) is 4.51. The van der Waals surface area contributed by atoms with Crippen LogP contribution < -0.4 is 4.90 Å². The van der Waals surface area contributed by atoms with Gasteiger partial charge in [-0.2, -0.15) is 0 Å². The Morgan fingerprint density at radius 1 is 1.42 bits per heavy atom. The Hall–Kier alpha value is -1.70. The molecule has 1 unspecified atom stereocenters. The molecule has 1 atom stereocenters. The number of carbonyl (C=O) groups is 2. The lowest BCUT2D eigenvalue weighted by Gasteiger charge is -2.31. The smallest absolute Gasteiger partial charge is 0.410 e. The van der Waals surface area contributed by atoms with Gasteiger partial charge in [0.15, 0.2) is 0 Å². The molecular formula is C16H21BrN4O3. The first-order valence-electron chi connectivity index (χ1n) is 8.00. The Balaban J connectivity index is 1.73. The molecule has 0 bridgehead atoms. The van der Waals surface area contributed by atoms with Crippen molar-refractivity contribution in [3.8, 4) is 0 Å². The van der Waals surface area contributed by atoms with Crippen molar-refractivity contribution >= 4 is 33.9 Å². The quantitative estimate of drug-likeness (QED) is 0.680. The Bertz CT molecular complexity index is 674. The molecule has 0 spiro atoms. The van der Waals surface area contributed by atoms with Crippen LogP contribution in [0.5, 0.6) is 0 Å². The molecule has 0 radical (unpaired) electrons. The number of alkyl halides is 1. The molecule has 24 heavy (non-hydrogen) atoms. The summed E-state index contributed by atoms with van der Waals surface area (Å²) >= 11 is 3.46. The first-order chi connectivity index (χ1) is 11.2. The number of halogens is 1. The van der Waals surface area contributed by atoms with E-state index in [0.29, 0.717) is 38.4 Å². The summed E-state index contributed by atoms with van der Waals surface area (Å²) in [5.41, 5.74) is 1.28. The summed E-state index contributed by atoms with van der Waals surface area (Å²) in [7, 11) is 0. The van der Waals surface area contributed by atoms with Crippen LogP contribution in [0.1, 0.15) is 38.4 Å². The van der Waals surface area contributed by atoms with E-state index in [1.807, 2.05) is 20.8 Å². The van der Waals surface area contributed by atoms with Gasteiger partial charge in [0.25, 0.3) is 0 Å². The van der Waals surface area contributed by atoms with Gasteiger partial charge < -0.3 is 9.64 Å². The topological polar surface area (TPSA) is 75.6 Å². The maximum absolute atomic E-state index is 12.2. The van der Waals surface area contributed by atoms with Gasteiger partial charge in [0.2, 0.25) is 11.9 Å². The molecule has 2 aliphatic heterocycles. The van der Waals surface area contributed by atoms with Gasteiger partial charge in [0.1, 0.15) is 5.60 Å². The van der Waals surface area contributed by atoms with E-state index >= 15 is 0 Å². The van der Waals surface area contributed by atoms with Crippen LogP contribution in [-0.4, -0.2) is 50.4 Å². The van der Waals surface area contributed by atoms with Gasteiger partial charge in [-0.1, -0.05) is 15.9 Å². The molecule has 0 aliphatic carbocycles. The average Bonchev–Trinajstić information content (AvgIpc) is 2.83. The number of anilines is 1. The predicted molar refractivity (Wildman–Crippen MR) is 92.1 cm³/mol. The number of nitrogens with zero attached hydrogens (tertiary/aromatic N) is 4. The normalized spacial score (nSPS) is 21.0. The Kier molecular flexibility index (Phi) is 4.50. The van der Waals surface area contributed by atoms with Crippen LogP contribution in [0.4, 0.5) is 10.7 Å². The number of carbonyl (C=O) groups excluding carboxylic acids is 2. The monoisotopic (exact) mass is 396 g/mol. The van der Waals surface area contributed by atoms with E-state index in [2.05, 4.69) is 25.9 Å². The van der Waals surface area contributed by atoms with E-state index in [0.717, 1.165) is 11.3 Å². The highest BCUT2D eigenvalue weighted by atomic mass is 79.9. The lowest BCUT2D eigenvalue weighted by atomic mass is 10.1. The Labute approximate surface area is 149 Å². The molecule has 1 aromatic rings. The Morgan fingerprint density at radius 3 is 2.79 bits per heavy atom. The zero-order chi connectivity index (χ0) is 17.5. The van der Waals surface area contributed by atoms with Crippen LogP contribution in [-0.2, 0) is 22.5 Å². The van der Waals surface area contributed by atoms with Crippen molar-refractivity contribution in [1.82, 2.24) is 14.9 Å². The summed E-state index contributed by atoms with van der Waals surface area (Å²) in [4.78, 5) is 36.4. The second kappa shape index (κ2) is 6.31. The molecule has 0 aromatic carbocycles. The molecule has 1 aromatic heterocycles. The summed E-state index contributed by atoms with van der Waals surface area (Å²) < 4.78 is 5.41. The second-order valence-electron chi connectivity index (χ2n) is 7.10. The van der Waals surface area contributed by atoms with Crippen LogP contribution >= 0.6 is 15.9 Å². The van der Waals surface area contributed by atoms with Gasteiger partial charge in [-0.3, -0.25) is 9.69 Å². The number of hydrogen-bond donors (Lipinski definition) is 0. The second-order valence-corrected chi connectivity index (χ2v) is 8.39. The molecule has 7 nitrogen and oxygen atoms in total. The summed E-state index contributed by atoms with van der Waals surface area (Å²) in [6.45, 7) is 7.11. The van der Waals surface area contributed by atoms with Crippen LogP contribution in [0, 0.1) is 0 Å². The van der Waals surface area contributed by atoms with Crippen LogP contribution in [0.2, 0.25) is 0 Å². The molecule has 8 heteroatoms. The van der Waals surface area contributed by atoms with Crippen molar-refractivity contribution in [3.63, 3.8) is 0 Å². The molecular weight excluding hydrogens is 376 g/mol. The zero-order valence-electron chi connectivity index (χ0n) is 14.1. The van der Waals surface area contributed by atoms with Crippen molar-refractivity contribution < 1.29 is 14.3 Å². The Morgan fingerprint density at radius 2 is 2.17 bits per heavy atom. The minimum Gasteiger partial charge on any atom is -0.444 e. The van der Waals surface area contributed by atoms with Gasteiger partial charge in [0.05, 0.1) is 12.2 Å². The number of rotatable bonds is 1. The predicted octanol–water partition coefficient (Wildman–Crippen LogP) is 2.27. The molecule has 130 valence electrons. The first kappa shape index (κ1) is 17.1. The first-order valence-corrected chi connectivity index (χ1v) is 8.91. The molecule has 0 N–H and O–H groups in total. The molecule has 0 saturated carbocycles. The van der Waals surface area contributed by atoms with Crippen LogP contribution in [0.25, 0.3) is 0 Å². The maximum Gasteiger partial charge on any atom is 0.410 e. The minimum absolute atomic E-state index is 0.0306. The van der Waals surface area contributed by atoms with E-state index in [9.17, 15) is 9.59 Å². The number of fused-ring (bicyclic) bond motifs is 1. The standard InChI is InChI=1S/C16H21BrN4O3/c1-16(2,3)24-15(23)20-5-4-12-10(8-20)7-18-14(19-12)21-9-11(17)6-13(21)22/h7,11H,4-6,8-9H2,1-3H3. The summed E-state index contributed by atoms with van der Waals surface area (Å²) in [6.07, 6.45) is 2.48. The van der Waals surface area contributed by atoms with Crippen LogP contribution in [0.15, 0.2) is 6.20 Å². The molecule has 3 rings (SSSR count). The number of ether oxygens (including phenoxy) is 1. The van der Waals surface area contributed by atoms with Gasteiger partial charge in [-0.05, 0) is 20.8 Å². The average molecular weight is 397 g/mol. The molecule has 2 aliphatic rings. The highest BCUT2D eigenvalue weighted by molar-refractivity contribution is 9.09. The number of hydrogen-bond acceptors (Lipinski definition) is 5. The maximum atomic E-state index is 12.2. The van der Waals surface area contributed by atoms with Crippen molar-refractivity contribution in [1.29, 1.82) is 0 Å². The third-order valence-electron chi connectivity index (χ3n) is 3.89. The zero-order valence-corrected chi connectivity index (χ0v) is 15.7. The molecule has 3 heterocycles. The van der Waals surface area contributed by atoms with Gasteiger partial charge in [-0.25, -0.2) is 14.8 Å². The number of amides is 2. The van der Waals surface area contributed by atoms with Crippen molar-refractivity contribution in [3.05, 3.63) is 17.5 Å².